The van der Waals surface area contributed by atoms with Crippen molar-refractivity contribution in [1.29, 1.82) is 0 Å². The van der Waals surface area contributed by atoms with Gasteiger partial charge in [-0.2, -0.15) is 0 Å². The molecule has 0 aliphatic heterocycles. The molecule has 0 unspecified atom stereocenters. The maximum Gasteiger partial charge on any atom is 0.314 e. The van der Waals surface area contributed by atoms with Crippen molar-refractivity contribution in [2.45, 2.75) is 32.1 Å². The van der Waals surface area contributed by atoms with Gasteiger partial charge in [0.2, 0.25) is 0 Å². The molecule has 1 amide bonds. The van der Waals surface area contributed by atoms with E-state index in [0.29, 0.717) is 17.0 Å². The van der Waals surface area contributed by atoms with Crippen molar-refractivity contribution >= 4 is 33.5 Å². The van der Waals surface area contributed by atoms with Gasteiger partial charge in [0.1, 0.15) is 5.75 Å². The Morgan fingerprint density at radius 1 is 0.960 bits per heavy atom. The molecule has 4 nitrogen and oxygen atoms in total. The van der Waals surface area contributed by atoms with Gasteiger partial charge < -0.3 is 10.1 Å². The minimum absolute atomic E-state index is 0.0172. The lowest BCUT2D eigenvalue weighted by atomic mass is 9.89. The average molecular weight is 402 g/mol. The molecular formula is C20H20BrNO3. The summed E-state index contributed by atoms with van der Waals surface area (Å²) in [6.07, 6.45) is 5.23. The van der Waals surface area contributed by atoms with Crippen LogP contribution in [-0.2, 0) is 4.79 Å². The topological polar surface area (TPSA) is 55.4 Å². The van der Waals surface area contributed by atoms with Gasteiger partial charge in [0.05, 0.1) is 11.5 Å². The number of hydrogen-bond acceptors (Lipinski definition) is 3. The van der Waals surface area contributed by atoms with Crippen LogP contribution in [0.25, 0.3) is 0 Å². The van der Waals surface area contributed by atoms with Crippen LogP contribution in [0.4, 0.5) is 5.69 Å². The lowest BCUT2D eigenvalue weighted by Crippen LogP contribution is -2.22. The molecule has 1 aliphatic rings. The summed E-state index contributed by atoms with van der Waals surface area (Å²) in [7, 11) is 0. The van der Waals surface area contributed by atoms with Crippen LogP contribution >= 0.6 is 15.9 Å². The second kappa shape index (κ2) is 8.30. The fourth-order valence-corrected chi connectivity index (χ4v) is 3.45. The number of carbonyl (C=O) groups excluding carboxylic acids is 2. The van der Waals surface area contributed by atoms with Crippen LogP contribution in [0.1, 0.15) is 42.5 Å². The maximum absolute atomic E-state index is 12.3. The van der Waals surface area contributed by atoms with E-state index >= 15 is 0 Å². The number of hydrogen-bond donors (Lipinski definition) is 1. The normalized spacial score (nSPS) is 14.8. The summed E-state index contributed by atoms with van der Waals surface area (Å²) in [5, 5.41) is 2.83. The molecule has 3 rings (SSSR count). The minimum Gasteiger partial charge on any atom is -0.426 e. The van der Waals surface area contributed by atoms with Crippen molar-refractivity contribution in [3.05, 3.63) is 58.6 Å². The molecule has 2 aromatic carbocycles. The number of nitrogens with one attached hydrogen (secondary N) is 1. The van der Waals surface area contributed by atoms with Gasteiger partial charge in [0.25, 0.3) is 5.91 Å². The summed E-state index contributed by atoms with van der Waals surface area (Å²) in [4.78, 5) is 24.4. The van der Waals surface area contributed by atoms with E-state index in [9.17, 15) is 9.59 Å². The molecule has 0 spiro atoms. The molecule has 0 radical (unpaired) electrons. The van der Waals surface area contributed by atoms with Gasteiger partial charge in [0, 0.05) is 10.2 Å². The molecule has 2 aromatic rings. The van der Waals surface area contributed by atoms with Crippen LogP contribution in [-0.4, -0.2) is 11.9 Å². The molecule has 1 saturated carbocycles. The Morgan fingerprint density at radius 3 is 2.32 bits per heavy atom. The van der Waals surface area contributed by atoms with Crippen LogP contribution in [0.2, 0.25) is 0 Å². The highest BCUT2D eigenvalue weighted by molar-refractivity contribution is 9.10. The van der Waals surface area contributed by atoms with E-state index in [0.717, 1.165) is 30.2 Å². The Kier molecular flexibility index (Phi) is 5.87. The Labute approximate surface area is 155 Å². The molecule has 0 aromatic heterocycles. The van der Waals surface area contributed by atoms with Crippen molar-refractivity contribution in [2.24, 2.45) is 5.92 Å². The SMILES string of the molecule is O=C(Nc1ccc(OC(=O)C2CCCCC2)cc1)c1ccccc1Br. The lowest BCUT2D eigenvalue weighted by Gasteiger charge is -2.19. The summed E-state index contributed by atoms with van der Waals surface area (Å²) in [6, 6.07) is 14.1. The Hall–Kier alpha value is -2.14. The van der Waals surface area contributed by atoms with E-state index in [-0.39, 0.29) is 17.8 Å². The molecule has 1 fully saturated rings. The predicted molar refractivity (Wildman–Crippen MR) is 101 cm³/mol. The first-order valence-corrected chi connectivity index (χ1v) is 9.30. The van der Waals surface area contributed by atoms with Crippen LogP contribution in [0.5, 0.6) is 5.75 Å². The van der Waals surface area contributed by atoms with Crippen molar-refractivity contribution in [3.63, 3.8) is 0 Å². The van der Waals surface area contributed by atoms with Gasteiger partial charge in [0.15, 0.2) is 0 Å². The number of carbonyl (C=O) groups is 2. The van der Waals surface area contributed by atoms with E-state index in [1.165, 1.54) is 6.42 Å². The van der Waals surface area contributed by atoms with E-state index in [4.69, 9.17) is 4.74 Å². The predicted octanol–water partition coefficient (Wildman–Crippen LogP) is 5.19. The molecule has 0 atom stereocenters. The summed E-state index contributed by atoms with van der Waals surface area (Å²) in [5.41, 5.74) is 1.22. The monoisotopic (exact) mass is 401 g/mol. The highest BCUT2D eigenvalue weighted by Crippen LogP contribution is 2.26. The molecule has 0 saturated heterocycles. The first-order valence-electron chi connectivity index (χ1n) is 8.51. The Morgan fingerprint density at radius 2 is 1.64 bits per heavy atom. The van der Waals surface area contributed by atoms with Gasteiger partial charge in [-0.25, -0.2) is 0 Å². The van der Waals surface area contributed by atoms with Crippen LogP contribution in [0, 0.1) is 5.92 Å². The lowest BCUT2D eigenvalue weighted by molar-refractivity contribution is -0.139. The molecule has 0 bridgehead atoms. The molecule has 1 aliphatic carbocycles. The standard InChI is InChI=1S/C20H20BrNO3/c21-18-9-5-4-8-17(18)19(23)22-15-10-12-16(13-11-15)25-20(24)14-6-2-1-3-7-14/h4-5,8-14H,1-3,6-7H2,(H,22,23). The molecule has 0 heterocycles. The third-order valence-corrected chi connectivity index (χ3v) is 5.08. The summed E-state index contributed by atoms with van der Waals surface area (Å²) in [6.45, 7) is 0. The molecule has 130 valence electrons. The largest absolute Gasteiger partial charge is 0.426 e. The van der Waals surface area contributed by atoms with Crippen LogP contribution in [0.3, 0.4) is 0 Å². The van der Waals surface area contributed by atoms with Crippen molar-refractivity contribution in [2.75, 3.05) is 5.32 Å². The van der Waals surface area contributed by atoms with Crippen LogP contribution in [0.15, 0.2) is 53.0 Å². The van der Waals surface area contributed by atoms with Gasteiger partial charge in [-0.15, -0.1) is 0 Å². The first-order chi connectivity index (χ1) is 12.1. The smallest absolute Gasteiger partial charge is 0.314 e. The van der Waals surface area contributed by atoms with E-state index in [2.05, 4.69) is 21.2 Å². The average Bonchev–Trinajstić information content (AvgIpc) is 2.64. The zero-order valence-corrected chi connectivity index (χ0v) is 15.4. The molecule has 1 N–H and O–H groups in total. The Bertz CT molecular complexity index is 752. The summed E-state index contributed by atoms with van der Waals surface area (Å²) < 4.78 is 6.20. The number of benzene rings is 2. The fraction of sp³-hybridized carbons (Fsp3) is 0.300. The quantitative estimate of drug-likeness (QED) is 0.566. The number of amides is 1. The maximum atomic E-state index is 12.3. The summed E-state index contributed by atoms with van der Waals surface area (Å²) >= 11 is 3.37. The van der Waals surface area contributed by atoms with Gasteiger partial charge in [-0.05, 0) is 65.2 Å². The van der Waals surface area contributed by atoms with Crippen molar-refractivity contribution in [3.8, 4) is 5.75 Å². The molecular weight excluding hydrogens is 382 g/mol. The van der Waals surface area contributed by atoms with Gasteiger partial charge in [-0.1, -0.05) is 31.4 Å². The minimum atomic E-state index is -0.195. The van der Waals surface area contributed by atoms with Gasteiger partial charge >= 0.3 is 5.97 Å². The van der Waals surface area contributed by atoms with Crippen LogP contribution < -0.4 is 10.1 Å². The number of halogens is 1. The zero-order valence-electron chi connectivity index (χ0n) is 13.8. The third-order valence-electron chi connectivity index (χ3n) is 4.39. The molecule has 5 heteroatoms. The second-order valence-corrected chi connectivity index (χ2v) is 7.07. The number of ether oxygens (including phenoxy) is 1. The summed E-state index contributed by atoms with van der Waals surface area (Å²) in [5.74, 6) is 0.183. The van der Waals surface area contributed by atoms with Gasteiger partial charge in [-0.3, -0.25) is 9.59 Å². The number of esters is 1. The second-order valence-electron chi connectivity index (χ2n) is 6.21. The Balaban J connectivity index is 1.59. The van der Waals surface area contributed by atoms with Crippen molar-refractivity contribution < 1.29 is 14.3 Å². The highest BCUT2D eigenvalue weighted by atomic mass is 79.9. The molecule has 25 heavy (non-hydrogen) atoms. The fourth-order valence-electron chi connectivity index (χ4n) is 2.99. The van der Waals surface area contributed by atoms with E-state index in [1.54, 1.807) is 30.3 Å². The number of anilines is 1. The van der Waals surface area contributed by atoms with E-state index in [1.807, 2.05) is 18.2 Å². The highest BCUT2D eigenvalue weighted by Gasteiger charge is 2.22. The number of rotatable bonds is 4. The van der Waals surface area contributed by atoms with E-state index < -0.39 is 0 Å². The zero-order chi connectivity index (χ0) is 17.6. The third kappa shape index (κ3) is 4.69. The first kappa shape index (κ1) is 17.7. The van der Waals surface area contributed by atoms with Crippen molar-refractivity contribution in [1.82, 2.24) is 0 Å².